The lowest BCUT2D eigenvalue weighted by molar-refractivity contribution is 0.166. The average molecular weight is 252 g/mol. The smallest absolute Gasteiger partial charge is 0.115 e. The lowest BCUT2D eigenvalue weighted by atomic mass is 10.5. The minimum Gasteiger partial charge on any atom is -0.379 e. The predicted octanol–water partition coefficient (Wildman–Crippen LogP) is 3.08. The molecular formula is C9H11Cl2NOS. The minimum atomic E-state index is 0.537. The number of rotatable bonds is 6. The molecule has 78 valence electrons. The molecule has 0 aliphatic rings. The van der Waals surface area contributed by atoms with Crippen LogP contribution in [0.15, 0.2) is 23.4 Å². The van der Waals surface area contributed by atoms with Crippen LogP contribution in [0.4, 0.5) is 0 Å². The van der Waals surface area contributed by atoms with Crippen molar-refractivity contribution < 1.29 is 4.74 Å². The van der Waals surface area contributed by atoms with E-state index in [9.17, 15) is 0 Å². The Bertz CT molecular complexity index is 273. The molecule has 1 rings (SSSR count). The molecule has 0 unspecified atom stereocenters. The van der Waals surface area contributed by atoms with Crippen molar-refractivity contribution in [3.63, 3.8) is 0 Å². The second kappa shape index (κ2) is 7.35. The molecule has 0 aliphatic heterocycles. The van der Waals surface area contributed by atoms with E-state index in [1.165, 1.54) is 0 Å². The fourth-order valence-corrected chi connectivity index (χ4v) is 1.96. The Morgan fingerprint density at radius 2 is 2.29 bits per heavy atom. The first-order valence-corrected chi connectivity index (χ1v) is 6.11. The Kier molecular flexibility index (Phi) is 6.36. The first-order chi connectivity index (χ1) is 6.84. The molecule has 0 spiro atoms. The molecular weight excluding hydrogens is 241 g/mol. The van der Waals surface area contributed by atoms with Crippen LogP contribution in [-0.4, -0.2) is 29.8 Å². The van der Waals surface area contributed by atoms with E-state index in [1.807, 2.05) is 12.1 Å². The van der Waals surface area contributed by atoms with Gasteiger partial charge in [0.1, 0.15) is 5.03 Å². The molecule has 14 heavy (non-hydrogen) atoms. The lowest BCUT2D eigenvalue weighted by Crippen LogP contribution is -2.00. The van der Waals surface area contributed by atoms with Crippen molar-refractivity contribution in [1.82, 2.24) is 4.98 Å². The van der Waals surface area contributed by atoms with E-state index in [4.69, 9.17) is 27.9 Å². The van der Waals surface area contributed by atoms with E-state index in [2.05, 4.69) is 4.98 Å². The normalized spacial score (nSPS) is 10.4. The summed E-state index contributed by atoms with van der Waals surface area (Å²) in [6.45, 7) is 1.27. The average Bonchev–Trinajstić information content (AvgIpc) is 2.20. The van der Waals surface area contributed by atoms with Crippen molar-refractivity contribution in [2.45, 2.75) is 5.03 Å². The zero-order chi connectivity index (χ0) is 10.2. The minimum absolute atomic E-state index is 0.537. The van der Waals surface area contributed by atoms with Crippen molar-refractivity contribution in [1.29, 1.82) is 0 Å². The van der Waals surface area contributed by atoms with Gasteiger partial charge in [0.05, 0.1) is 18.2 Å². The highest BCUT2D eigenvalue weighted by molar-refractivity contribution is 7.99. The quantitative estimate of drug-likeness (QED) is 0.441. The summed E-state index contributed by atoms with van der Waals surface area (Å²) in [5.74, 6) is 1.38. The van der Waals surface area contributed by atoms with E-state index in [1.54, 1.807) is 18.0 Å². The van der Waals surface area contributed by atoms with Gasteiger partial charge < -0.3 is 4.74 Å². The van der Waals surface area contributed by atoms with Gasteiger partial charge in [0.25, 0.3) is 0 Å². The van der Waals surface area contributed by atoms with Crippen molar-refractivity contribution in [3.8, 4) is 0 Å². The molecule has 1 heterocycles. The van der Waals surface area contributed by atoms with Gasteiger partial charge in [-0.2, -0.15) is 0 Å². The second-order valence-electron chi connectivity index (χ2n) is 2.44. The fraction of sp³-hybridized carbons (Fsp3) is 0.444. The van der Waals surface area contributed by atoms with Gasteiger partial charge in [0, 0.05) is 17.8 Å². The van der Waals surface area contributed by atoms with Crippen LogP contribution in [0.25, 0.3) is 0 Å². The maximum atomic E-state index is 5.92. The van der Waals surface area contributed by atoms with Crippen LogP contribution >= 0.6 is 35.0 Å². The molecule has 0 aliphatic carbocycles. The molecule has 0 fully saturated rings. The Morgan fingerprint density at radius 1 is 1.43 bits per heavy atom. The second-order valence-corrected chi connectivity index (χ2v) is 4.31. The molecule has 0 amide bonds. The summed E-state index contributed by atoms with van der Waals surface area (Å²) in [6.07, 6.45) is 1.73. The highest BCUT2D eigenvalue weighted by atomic mass is 35.5. The number of hydrogen-bond donors (Lipinski definition) is 0. The van der Waals surface area contributed by atoms with Crippen LogP contribution < -0.4 is 0 Å². The number of halogens is 2. The maximum Gasteiger partial charge on any atom is 0.115 e. The monoisotopic (exact) mass is 251 g/mol. The van der Waals surface area contributed by atoms with Crippen LogP contribution in [0.3, 0.4) is 0 Å². The fourth-order valence-electron chi connectivity index (χ4n) is 0.831. The third-order valence-electron chi connectivity index (χ3n) is 1.41. The topological polar surface area (TPSA) is 22.1 Å². The summed E-state index contributed by atoms with van der Waals surface area (Å²) in [6, 6.07) is 3.65. The molecule has 0 N–H and O–H groups in total. The molecule has 0 atom stereocenters. The first-order valence-electron chi connectivity index (χ1n) is 4.21. The van der Waals surface area contributed by atoms with E-state index >= 15 is 0 Å². The number of thioether (sulfide) groups is 1. The SMILES string of the molecule is ClCCOCCSc1ncccc1Cl. The zero-order valence-corrected chi connectivity index (χ0v) is 9.91. The van der Waals surface area contributed by atoms with Crippen molar-refractivity contribution in [3.05, 3.63) is 23.4 Å². The van der Waals surface area contributed by atoms with Crippen molar-refractivity contribution in [2.75, 3.05) is 24.8 Å². The molecule has 0 saturated heterocycles. The van der Waals surface area contributed by atoms with Gasteiger partial charge in [-0.05, 0) is 12.1 Å². The lowest BCUT2D eigenvalue weighted by Gasteiger charge is -2.02. The Morgan fingerprint density at radius 3 is 3.00 bits per heavy atom. The molecule has 2 nitrogen and oxygen atoms in total. The van der Waals surface area contributed by atoms with Crippen LogP contribution in [0.5, 0.6) is 0 Å². The van der Waals surface area contributed by atoms with Gasteiger partial charge in [-0.25, -0.2) is 4.98 Å². The zero-order valence-electron chi connectivity index (χ0n) is 7.58. The van der Waals surface area contributed by atoms with Crippen LogP contribution in [0, 0.1) is 0 Å². The molecule has 0 saturated carbocycles. The van der Waals surface area contributed by atoms with E-state index in [0.717, 1.165) is 10.8 Å². The number of nitrogens with zero attached hydrogens (tertiary/aromatic N) is 1. The standard InChI is InChI=1S/C9H11Cl2NOS/c10-3-5-13-6-7-14-9-8(11)2-1-4-12-9/h1-2,4H,3,5-7H2. The number of ether oxygens (including phenoxy) is 1. The predicted molar refractivity (Wildman–Crippen MR) is 61.5 cm³/mol. The Hall–Kier alpha value is 0.0400. The highest BCUT2D eigenvalue weighted by Gasteiger charge is 2.00. The summed E-state index contributed by atoms with van der Waals surface area (Å²) >= 11 is 13.0. The Balaban J connectivity index is 2.21. The van der Waals surface area contributed by atoms with Crippen LogP contribution in [-0.2, 0) is 4.74 Å². The largest absolute Gasteiger partial charge is 0.379 e. The Labute approximate surface area is 98.0 Å². The van der Waals surface area contributed by atoms with Gasteiger partial charge in [-0.1, -0.05) is 11.6 Å². The molecule has 0 bridgehead atoms. The number of hydrogen-bond acceptors (Lipinski definition) is 3. The third-order valence-corrected chi connectivity index (χ3v) is 2.95. The highest BCUT2D eigenvalue weighted by Crippen LogP contribution is 2.23. The van der Waals surface area contributed by atoms with Gasteiger partial charge in [0.2, 0.25) is 0 Å². The summed E-state index contributed by atoms with van der Waals surface area (Å²) in [5.41, 5.74) is 0. The summed E-state index contributed by atoms with van der Waals surface area (Å²) in [4.78, 5) is 4.15. The number of pyridine rings is 1. The number of alkyl halides is 1. The number of aromatic nitrogens is 1. The van der Waals surface area contributed by atoms with E-state index in [-0.39, 0.29) is 0 Å². The van der Waals surface area contributed by atoms with Crippen molar-refractivity contribution in [2.24, 2.45) is 0 Å². The molecule has 5 heteroatoms. The van der Waals surface area contributed by atoms with E-state index in [0.29, 0.717) is 24.1 Å². The summed E-state index contributed by atoms with van der Waals surface area (Å²) in [7, 11) is 0. The van der Waals surface area contributed by atoms with Gasteiger partial charge in [-0.3, -0.25) is 0 Å². The van der Waals surface area contributed by atoms with Gasteiger partial charge in [0.15, 0.2) is 0 Å². The van der Waals surface area contributed by atoms with Crippen molar-refractivity contribution >= 4 is 35.0 Å². The summed E-state index contributed by atoms with van der Waals surface area (Å²) < 4.78 is 5.22. The van der Waals surface area contributed by atoms with Crippen LogP contribution in [0.2, 0.25) is 5.02 Å². The third kappa shape index (κ3) is 4.51. The van der Waals surface area contributed by atoms with Crippen LogP contribution in [0.1, 0.15) is 0 Å². The van der Waals surface area contributed by atoms with Gasteiger partial charge >= 0.3 is 0 Å². The summed E-state index contributed by atoms with van der Waals surface area (Å²) in [5, 5.41) is 1.54. The maximum absolute atomic E-state index is 5.92. The van der Waals surface area contributed by atoms with Gasteiger partial charge in [-0.15, -0.1) is 23.4 Å². The molecule has 1 aromatic heterocycles. The molecule has 0 aromatic carbocycles. The first kappa shape index (κ1) is 12.1. The molecule has 1 aromatic rings. The molecule has 0 radical (unpaired) electrons. The van der Waals surface area contributed by atoms with E-state index < -0.39 is 0 Å².